The maximum Gasteiger partial charge on any atom is 0.252 e. The molecule has 0 fully saturated rings. The van der Waals surface area contributed by atoms with Gasteiger partial charge in [-0.2, -0.15) is 0 Å². The van der Waals surface area contributed by atoms with E-state index in [-0.39, 0.29) is 6.71 Å². The summed E-state index contributed by atoms with van der Waals surface area (Å²) in [5, 5.41) is 3.84. The third-order valence-electron chi connectivity index (χ3n) is 14.6. The van der Waals surface area contributed by atoms with Crippen LogP contribution < -0.4 is 52.2 Å². The molecule has 0 atom stereocenters. The fourth-order valence-corrected chi connectivity index (χ4v) is 11.5. The van der Waals surface area contributed by atoms with Crippen LogP contribution in [0, 0.1) is 0 Å². The predicted octanol–water partition coefficient (Wildman–Crippen LogP) is 14.1. The molecule has 0 aliphatic carbocycles. The number of rotatable bonds is 10. The fraction of sp³-hybridized carbons (Fsp3) is 0. The number of nitrogens with one attached hydrogen (secondary N) is 1. The molecule has 11 aromatic carbocycles. The Morgan fingerprint density at radius 2 is 0.822 bits per heavy atom. The van der Waals surface area contributed by atoms with Crippen molar-refractivity contribution >= 4 is 121 Å². The van der Waals surface area contributed by atoms with E-state index in [0.717, 1.165) is 85.1 Å². The van der Waals surface area contributed by atoms with Gasteiger partial charge in [0.1, 0.15) is 0 Å². The Morgan fingerprint density at radius 3 is 1.38 bits per heavy atom. The van der Waals surface area contributed by atoms with E-state index in [0.29, 0.717) is 0 Å². The van der Waals surface area contributed by atoms with Gasteiger partial charge in [-0.15, -0.1) is 0 Å². The smallest absolute Gasteiger partial charge is 0.252 e. The van der Waals surface area contributed by atoms with Crippen LogP contribution in [0.2, 0.25) is 0 Å². The highest BCUT2D eigenvalue weighted by atomic mass is 15.2. The van der Waals surface area contributed by atoms with Gasteiger partial charge in [0.25, 0.3) is 6.71 Å². The number of para-hydroxylation sites is 8. The van der Waals surface area contributed by atoms with Crippen LogP contribution in [0.1, 0.15) is 0 Å². The van der Waals surface area contributed by atoms with Gasteiger partial charge < -0.3 is 24.9 Å². The average molecular weight is 931 g/mol. The number of benzene rings is 11. The number of fused-ring (bicyclic) bond motifs is 7. The van der Waals surface area contributed by atoms with Crippen molar-refractivity contribution in [2.45, 2.75) is 0 Å². The quantitative estimate of drug-likeness (QED) is 0.138. The minimum atomic E-state index is -0.109. The van der Waals surface area contributed by atoms with Crippen LogP contribution in [0.15, 0.2) is 273 Å². The molecule has 0 amide bonds. The third kappa shape index (κ3) is 7.19. The van der Waals surface area contributed by atoms with Crippen molar-refractivity contribution in [3.05, 3.63) is 273 Å². The van der Waals surface area contributed by atoms with Gasteiger partial charge in [-0.25, -0.2) is 0 Å². The highest BCUT2D eigenvalue weighted by molar-refractivity contribution is 7.01. The Hall–Kier alpha value is -9.45. The summed E-state index contributed by atoms with van der Waals surface area (Å²) in [6.07, 6.45) is 0. The van der Waals surface area contributed by atoms with Gasteiger partial charge in [-0.05, 0) is 137 Å². The van der Waals surface area contributed by atoms with E-state index in [1.54, 1.807) is 0 Å². The fourth-order valence-electron chi connectivity index (χ4n) is 11.5. The Morgan fingerprint density at radius 1 is 0.356 bits per heavy atom. The maximum atomic E-state index is 3.84. The Kier molecular flexibility index (Phi) is 10.3. The van der Waals surface area contributed by atoms with Crippen LogP contribution >= 0.6 is 0 Å². The second-order valence-electron chi connectivity index (χ2n) is 18.8. The molecule has 341 valence electrons. The van der Waals surface area contributed by atoms with E-state index in [1.165, 1.54) is 33.0 Å². The van der Waals surface area contributed by atoms with Crippen molar-refractivity contribution in [3.8, 4) is 11.1 Å². The lowest BCUT2D eigenvalue weighted by atomic mass is 9.32. The van der Waals surface area contributed by atoms with Crippen LogP contribution in [0.4, 0.5) is 79.6 Å². The Bertz CT molecular complexity index is 3730. The predicted molar refractivity (Wildman–Crippen MR) is 310 cm³/mol. The first-order valence-corrected chi connectivity index (χ1v) is 25.0. The number of anilines is 14. The molecule has 0 unspecified atom stereocenters. The van der Waals surface area contributed by atoms with Crippen molar-refractivity contribution in [2.24, 2.45) is 0 Å². The topological polar surface area (TPSA) is 25.0 Å². The first-order chi connectivity index (χ1) is 36.2. The zero-order valence-electron chi connectivity index (χ0n) is 39.9. The average Bonchev–Trinajstić information content (AvgIpc) is 3.46. The zero-order valence-corrected chi connectivity index (χ0v) is 39.9. The standard InChI is InChI=1S/C66H46B2N5/c1-7-23-46(24-8-1)69-59-37-21-19-35-54(59)55-45-63-65-66-64(55)67-56-36-20-22-38-60(56)73(66)62-44-53(71(49-29-13-4-14-30-49)50-31-15-5-16-32-50)40-42-58(62)68(65)57-41-39-52(43-61(57)72(63)51-33-17-6-18-34-51)70(47-25-9-2-10-26-47)48-27-11-3-12-28-48/h1-45,69H. The summed E-state index contributed by atoms with van der Waals surface area (Å²) in [6.45, 7) is -0.109. The van der Waals surface area contributed by atoms with Crippen LogP contribution in [0.25, 0.3) is 11.1 Å². The SMILES string of the molecule is [B]1c2ccccc2N2c3cc(N(c4ccccc4)c4ccccc4)ccc3B3c4ccc(N(c5ccccc5)c5ccccc5)cc4N(c4ccccc4)c4cc(-c5ccccc5Nc5ccccc5)c1c2c43. The maximum absolute atomic E-state index is 3.84. The van der Waals surface area contributed by atoms with Gasteiger partial charge in [0.2, 0.25) is 0 Å². The van der Waals surface area contributed by atoms with Crippen molar-refractivity contribution in [3.63, 3.8) is 0 Å². The molecule has 0 saturated carbocycles. The molecule has 0 bridgehead atoms. The van der Waals surface area contributed by atoms with Gasteiger partial charge >= 0.3 is 0 Å². The van der Waals surface area contributed by atoms with Gasteiger partial charge in [-0.3, -0.25) is 0 Å². The van der Waals surface area contributed by atoms with Crippen LogP contribution in [0.3, 0.4) is 0 Å². The number of hydrogen-bond donors (Lipinski definition) is 1. The largest absolute Gasteiger partial charge is 0.355 e. The molecule has 7 heteroatoms. The lowest BCUT2D eigenvalue weighted by Gasteiger charge is -2.48. The summed E-state index contributed by atoms with van der Waals surface area (Å²) in [7, 11) is 2.44. The highest BCUT2D eigenvalue weighted by Gasteiger charge is 2.47. The van der Waals surface area contributed by atoms with Gasteiger partial charge in [-0.1, -0.05) is 169 Å². The summed E-state index contributed by atoms with van der Waals surface area (Å²) in [5.41, 5.74) is 23.9. The molecule has 0 aromatic heterocycles. The lowest BCUT2D eigenvalue weighted by Crippen LogP contribution is -2.64. The normalized spacial score (nSPS) is 12.4. The van der Waals surface area contributed by atoms with Crippen molar-refractivity contribution < 1.29 is 0 Å². The lowest BCUT2D eigenvalue weighted by molar-refractivity contribution is 1.24. The molecular formula is C66H46B2N5. The number of nitrogens with zero attached hydrogens (tertiary/aromatic N) is 4. The number of hydrogen-bond acceptors (Lipinski definition) is 5. The van der Waals surface area contributed by atoms with Crippen LogP contribution in [-0.2, 0) is 0 Å². The zero-order chi connectivity index (χ0) is 48.2. The second kappa shape index (κ2) is 17.7. The van der Waals surface area contributed by atoms with E-state index in [4.69, 9.17) is 0 Å². The third-order valence-corrected chi connectivity index (χ3v) is 14.6. The van der Waals surface area contributed by atoms with Gasteiger partial charge in [0.15, 0.2) is 7.28 Å². The van der Waals surface area contributed by atoms with E-state index in [2.05, 4.69) is 305 Å². The van der Waals surface area contributed by atoms with E-state index in [9.17, 15) is 0 Å². The van der Waals surface area contributed by atoms with Gasteiger partial charge in [0.05, 0.1) is 0 Å². The highest BCUT2D eigenvalue weighted by Crippen LogP contribution is 2.49. The Balaban J connectivity index is 1.08. The summed E-state index contributed by atoms with van der Waals surface area (Å²) in [4.78, 5) is 9.87. The van der Waals surface area contributed by atoms with E-state index >= 15 is 0 Å². The molecule has 1 radical (unpaired) electrons. The first-order valence-electron chi connectivity index (χ1n) is 25.0. The van der Waals surface area contributed by atoms with E-state index in [1.807, 2.05) is 0 Å². The molecule has 3 aliphatic rings. The van der Waals surface area contributed by atoms with Crippen LogP contribution in [-0.4, -0.2) is 14.0 Å². The molecule has 0 spiro atoms. The Labute approximate surface area is 427 Å². The second-order valence-corrected chi connectivity index (χ2v) is 18.8. The summed E-state index contributed by atoms with van der Waals surface area (Å²) in [5.74, 6) is 0. The molecule has 5 nitrogen and oxygen atoms in total. The molecule has 73 heavy (non-hydrogen) atoms. The molecule has 3 aliphatic heterocycles. The van der Waals surface area contributed by atoms with Crippen molar-refractivity contribution in [2.75, 3.05) is 24.9 Å². The summed E-state index contributed by atoms with van der Waals surface area (Å²) in [6, 6.07) is 98.9. The molecular weight excluding hydrogens is 884 g/mol. The van der Waals surface area contributed by atoms with E-state index < -0.39 is 0 Å². The monoisotopic (exact) mass is 930 g/mol. The van der Waals surface area contributed by atoms with Gasteiger partial charge in [0, 0.05) is 85.2 Å². The summed E-state index contributed by atoms with van der Waals surface area (Å²) >= 11 is 0. The summed E-state index contributed by atoms with van der Waals surface area (Å²) < 4.78 is 0. The van der Waals surface area contributed by atoms with Crippen molar-refractivity contribution in [1.82, 2.24) is 0 Å². The molecule has 0 saturated heterocycles. The molecule has 14 rings (SSSR count). The van der Waals surface area contributed by atoms with Crippen molar-refractivity contribution in [1.29, 1.82) is 0 Å². The van der Waals surface area contributed by atoms with Crippen LogP contribution in [0.5, 0.6) is 0 Å². The minimum Gasteiger partial charge on any atom is -0.355 e. The minimum absolute atomic E-state index is 0.109. The molecule has 1 N–H and O–H groups in total. The first kappa shape index (κ1) is 42.4. The molecule has 11 aromatic rings. The molecule has 3 heterocycles.